The Kier molecular flexibility index (Phi) is 5.45. The number of aromatic nitrogens is 1. The number of hydrogen-bond donors (Lipinski definition) is 1. The predicted octanol–water partition coefficient (Wildman–Crippen LogP) is 0.344. The standard InChI is InChI=1S/C13H19N2O3/c1-3-6-15-7-4-11(5-8-15)9-12(14)13(17)18-10(2)16/h4-5,7-8,12H,3,6,9,14H2,1-2H3/q+1/t12-/m1/s1. The molecule has 0 saturated heterocycles. The maximum atomic E-state index is 11.4. The summed E-state index contributed by atoms with van der Waals surface area (Å²) in [7, 11) is 0. The molecule has 0 aromatic carbocycles. The van der Waals surface area contributed by atoms with E-state index >= 15 is 0 Å². The lowest BCUT2D eigenvalue weighted by atomic mass is 10.1. The number of ether oxygens (including phenoxy) is 1. The first-order valence-electron chi connectivity index (χ1n) is 5.98. The van der Waals surface area contributed by atoms with Gasteiger partial charge in [-0.25, -0.2) is 9.36 Å². The van der Waals surface area contributed by atoms with Crippen LogP contribution in [0.2, 0.25) is 0 Å². The average Bonchev–Trinajstić information content (AvgIpc) is 2.31. The highest BCUT2D eigenvalue weighted by atomic mass is 16.6. The van der Waals surface area contributed by atoms with Gasteiger partial charge in [0.1, 0.15) is 12.6 Å². The van der Waals surface area contributed by atoms with Gasteiger partial charge in [0.15, 0.2) is 12.4 Å². The number of nitrogens with zero attached hydrogens (tertiary/aromatic N) is 1. The molecule has 18 heavy (non-hydrogen) atoms. The van der Waals surface area contributed by atoms with E-state index in [-0.39, 0.29) is 0 Å². The van der Waals surface area contributed by atoms with E-state index in [0.717, 1.165) is 18.5 Å². The van der Waals surface area contributed by atoms with E-state index in [1.54, 1.807) is 0 Å². The predicted molar refractivity (Wildman–Crippen MR) is 65.4 cm³/mol. The Labute approximate surface area is 107 Å². The Hall–Kier alpha value is -1.75. The highest BCUT2D eigenvalue weighted by Crippen LogP contribution is 2.01. The van der Waals surface area contributed by atoms with E-state index in [4.69, 9.17) is 5.73 Å². The van der Waals surface area contributed by atoms with Crippen LogP contribution in [0.15, 0.2) is 24.5 Å². The topological polar surface area (TPSA) is 73.3 Å². The van der Waals surface area contributed by atoms with Gasteiger partial charge in [0.25, 0.3) is 0 Å². The number of esters is 2. The highest BCUT2D eigenvalue weighted by molar-refractivity contribution is 5.87. The molecule has 1 heterocycles. The van der Waals surface area contributed by atoms with E-state index in [1.165, 1.54) is 6.92 Å². The lowest BCUT2D eigenvalue weighted by Crippen LogP contribution is -2.36. The minimum Gasteiger partial charge on any atom is -0.392 e. The van der Waals surface area contributed by atoms with Crippen LogP contribution in [0, 0.1) is 0 Å². The van der Waals surface area contributed by atoms with E-state index in [0.29, 0.717) is 6.42 Å². The van der Waals surface area contributed by atoms with Crippen molar-refractivity contribution in [1.29, 1.82) is 0 Å². The van der Waals surface area contributed by atoms with Crippen molar-refractivity contribution in [2.24, 2.45) is 5.73 Å². The van der Waals surface area contributed by atoms with E-state index in [2.05, 4.69) is 16.2 Å². The van der Waals surface area contributed by atoms with Gasteiger partial charge in [-0.1, -0.05) is 6.92 Å². The Morgan fingerprint density at radius 1 is 1.39 bits per heavy atom. The van der Waals surface area contributed by atoms with Gasteiger partial charge in [-0.05, 0) is 12.0 Å². The molecule has 5 nitrogen and oxygen atoms in total. The molecule has 1 rings (SSSR count). The number of rotatable bonds is 5. The SMILES string of the molecule is CCC[n+]1ccc(C[C@@H](N)C(=O)OC(C)=O)cc1. The maximum absolute atomic E-state index is 11.4. The monoisotopic (exact) mass is 251 g/mol. The van der Waals surface area contributed by atoms with Crippen LogP contribution in [-0.2, 0) is 27.3 Å². The van der Waals surface area contributed by atoms with Crippen molar-refractivity contribution >= 4 is 11.9 Å². The van der Waals surface area contributed by atoms with Gasteiger partial charge >= 0.3 is 11.9 Å². The number of carbonyl (C=O) groups is 2. The summed E-state index contributed by atoms with van der Waals surface area (Å²) in [5.74, 6) is -1.32. The first-order chi connectivity index (χ1) is 8.52. The number of hydrogen-bond acceptors (Lipinski definition) is 4. The third-order valence-electron chi connectivity index (χ3n) is 2.44. The van der Waals surface area contributed by atoms with Crippen molar-refractivity contribution in [2.45, 2.75) is 39.3 Å². The van der Waals surface area contributed by atoms with Crippen molar-refractivity contribution in [3.63, 3.8) is 0 Å². The molecular weight excluding hydrogens is 232 g/mol. The molecule has 98 valence electrons. The Morgan fingerprint density at radius 2 is 2.00 bits per heavy atom. The lowest BCUT2D eigenvalue weighted by molar-refractivity contribution is -0.697. The molecule has 1 aromatic rings. The fourth-order valence-corrected chi connectivity index (χ4v) is 1.59. The van der Waals surface area contributed by atoms with Crippen molar-refractivity contribution in [1.82, 2.24) is 0 Å². The maximum Gasteiger partial charge on any atom is 0.330 e. The summed E-state index contributed by atoms with van der Waals surface area (Å²) in [6.07, 6.45) is 5.32. The molecule has 0 aliphatic carbocycles. The summed E-state index contributed by atoms with van der Waals surface area (Å²) in [5, 5.41) is 0. The van der Waals surface area contributed by atoms with Gasteiger partial charge in [-0.15, -0.1) is 0 Å². The molecule has 1 atom stereocenters. The van der Waals surface area contributed by atoms with E-state index < -0.39 is 18.0 Å². The van der Waals surface area contributed by atoms with Crippen LogP contribution >= 0.6 is 0 Å². The van der Waals surface area contributed by atoms with Crippen LogP contribution in [-0.4, -0.2) is 18.0 Å². The number of pyridine rings is 1. The molecular formula is C13H19N2O3+. The molecule has 0 aliphatic heterocycles. The smallest absolute Gasteiger partial charge is 0.330 e. The third-order valence-corrected chi connectivity index (χ3v) is 2.44. The minimum atomic E-state index is -0.809. The third kappa shape index (κ3) is 4.63. The molecule has 0 aliphatic rings. The van der Waals surface area contributed by atoms with Crippen molar-refractivity contribution in [3.05, 3.63) is 30.1 Å². The normalized spacial score (nSPS) is 11.9. The molecule has 0 radical (unpaired) electrons. The average molecular weight is 251 g/mol. The Morgan fingerprint density at radius 3 is 2.50 bits per heavy atom. The van der Waals surface area contributed by atoms with Gasteiger partial charge in [0.05, 0.1) is 0 Å². The molecule has 0 fully saturated rings. The fraction of sp³-hybridized carbons (Fsp3) is 0.462. The van der Waals surface area contributed by atoms with Crippen LogP contribution < -0.4 is 10.3 Å². The van der Waals surface area contributed by atoms with E-state index in [1.807, 2.05) is 24.5 Å². The van der Waals surface area contributed by atoms with Crippen LogP contribution in [0.5, 0.6) is 0 Å². The highest BCUT2D eigenvalue weighted by Gasteiger charge is 2.17. The van der Waals surface area contributed by atoms with Crippen LogP contribution in [0.3, 0.4) is 0 Å². The zero-order valence-corrected chi connectivity index (χ0v) is 10.8. The Balaban J connectivity index is 2.56. The number of nitrogens with two attached hydrogens (primary N) is 1. The quantitative estimate of drug-likeness (QED) is 0.465. The summed E-state index contributed by atoms with van der Waals surface area (Å²) < 4.78 is 6.50. The van der Waals surface area contributed by atoms with Crippen molar-refractivity contribution in [3.8, 4) is 0 Å². The summed E-state index contributed by atoms with van der Waals surface area (Å²) >= 11 is 0. The summed E-state index contributed by atoms with van der Waals surface area (Å²) in [6, 6.07) is 3.02. The first-order valence-corrected chi connectivity index (χ1v) is 5.98. The van der Waals surface area contributed by atoms with Crippen LogP contribution in [0.1, 0.15) is 25.8 Å². The van der Waals surface area contributed by atoms with Gasteiger partial charge in [-0.3, -0.25) is 4.79 Å². The molecule has 0 bridgehead atoms. The van der Waals surface area contributed by atoms with Crippen LogP contribution in [0.4, 0.5) is 0 Å². The molecule has 0 amide bonds. The second-order valence-corrected chi connectivity index (χ2v) is 4.17. The summed E-state index contributed by atoms with van der Waals surface area (Å²) in [6.45, 7) is 4.24. The zero-order valence-electron chi connectivity index (χ0n) is 10.8. The minimum absolute atomic E-state index is 0.360. The van der Waals surface area contributed by atoms with Gasteiger partial charge in [0, 0.05) is 25.5 Å². The zero-order chi connectivity index (χ0) is 13.5. The largest absolute Gasteiger partial charge is 0.392 e. The molecule has 5 heteroatoms. The molecule has 1 aromatic heterocycles. The Bertz CT molecular complexity index is 415. The summed E-state index contributed by atoms with van der Waals surface area (Å²) in [5.41, 5.74) is 6.60. The molecule has 0 spiro atoms. The molecule has 0 unspecified atom stereocenters. The van der Waals surface area contributed by atoms with Gasteiger partial charge in [-0.2, -0.15) is 0 Å². The fourth-order valence-electron chi connectivity index (χ4n) is 1.59. The van der Waals surface area contributed by atoms with E-state index in [9.17, 15) is 9.59 Å². The first kappa shape index (κ1) is 14.3. The van der Waals surface area contributed by atoms with Gasteiger partial charge in [0.2, 0.25) is 0 Å². The van der Waals surface area contributed by atoms with Crippen molar-refractivity contribution in [2.75, 3.05) is 0 Å². The molecule has 2 N–H and O–H groups in total. The number of carbonyl (C=O) groups excluding carboxylic acids is 2. The van der Waals surface area contributed by atoms with Gasteiger partial charge < -0.3 is 10.5 Å². The lowest BCUT2D eigenvalue weighted by Gasteiger charge is -2.08. The molecule has 0 saturated carbocycles. The summed E-state index contributed by atoms with van der Waals surface area (Å²) in [4.78, 5) is 22.0. The number of aryl methyl sites for hydroxylation is 1. The second-order valence-electron chi connectivity index (χ2n) is 4.17. The van der Waals surface area contributed by atoms with Crippen molar-refractivity contribution < 1.29 is 18.9 Å². The second kappa shape index (κ2) is 6.86. The van der Waals surface area contributed by atoms with Crippen LogP contribution in [0.25, 0.3) is 0 Å².